The van der Waals surface area contributed by atoms with Crippen LogP contribution >= 0.6 is 0 Å². The molecule has 0 saturated heterocycles. The zero-order valence-electron chi connectivity index (χ0n) is 14.5. The van der Waals surface area contributed by atoms with Gasteiger partial charge in [-0.1, -0.05) is 24.3 Å². The highest BCUT2D eigenvalue weighted by Crippen LogP contribution is 2.22. The molecule has 132 valence electrons. The molecule has 0 atom stereocenters. The van der Waals surface area contributed by atoms with E-state index in [0.717, 1.165) is 11.3 Å². The monoisotopic (exact) mass is 356 g/mol. The molecule has 0 fully saturated rings. The van der Waals surface area contributed by atoms with Crippen LogP contribution in [0.25, 0.3) is 0 Å². The lowest BCUT2D eigenvalue weighted by molar-refractivity contribution is 0.0648. The summed E-state index contributed by atoms with van der Waals surface area (Å²) in [6.07, 6.45) is 4.14. The van der Waals surface area contributed by atoms with Crippen LogP contribution in [0.4, 0.5) is 0 Å². The second-order valence-corrected chi connectivity index (χ2v) is 6.37. The molecule has 2 aromatic carbocycles. The van der Waals surface area contributed by atoms with Crippen LogP contribution < -0.4 is 0 Å². The highest BCUT2D eigenvalue weighted by molar-refractivity contribution is 6.21. The molecule has 27 heavy (non-hydrogen) atoms. The average Bonchev–Trinajstić information content (AvgIpc) is 3.24. The van der Waals surface area contributed by atoms with Gasteiger partial charge in [0.15, 0.2) is 0 Å². The molecule has 0 spiro atoms. The van der Waals surface area contributed by atoms with Crippen LogP contribution in [0, 0.1) is 11.3 Å². The minimum atomic E-state index is -0.246. The number of benzene rings is 2. The molecule has 0 saturated carbocycles. The van der Waals surface area contributed by atoms with Gasteiger partial charge in [-0.15, -0.1) is 0 Å². The van der Waals surface area contributed by atoms with Crippen molar-refractivity contribution in [2.75, 3.05) is 6.54 Å². The number of rotatable bonds is 5. The Hall–Kier alpha value is -3.72. The molecule has 0 N–H and O–H groups in total. The molecule has 1 aromatic heterocycles. The largest absolute Gasteiger partial charge is 0.332 e. The van der Waals surface area contributed by atoms with Crippen molar-refractivity contribution in [1.29, 1.82) is 5.26 Å². The summed E-state index contributed by atoms with van der Waals surface area (Å²) in [5, 5.41) is 8.89. The van der Waals surface area contributed by atoms with Gasteiger partial charge in [0.1, 0.15) is 0 Å². The fraction of sp³-hybridized carbons (Fsp3) is 0.143. The average molecular weight is 356 g/mol. The molecule has 0 bridgehead atoms. The molecule has 6 heteroatoms. The lowest BCUT2D eigenvalue weighted by atomic mass is 10.1. The Balaban J connectivity index is 1.46. The van der Waals surface area contributed by atoms with E-state index in [2.05, 4.69) is 11.1 Å². The summed E-state index contributed by atoms with van der Waals surface area (Å²) in [6.45, 7) is 0.778. The highest BCUT2D eigenvalue weighted by atomic mass is 16.2. The second-order valence-electron chi connectivity index (χ2n) is 6.37. The van der Waals surface area contributed by atoms with Crippen molar-refractivity contribution in [2.45, 2.75) is 13.0 Å². The molecule has 4 rings (SSSR count). The molecule has 0 aliphatic carbocycles. The maximum Gasteiger partial charge on any atom is 0.261 e. The van der Waals surface area contributed by atoms with Crippen molar-refractivity contribution in [3.05, 3.63) is 89.0 Å². The van der Waals surface area contributed by atoms with Crippen LogP contribution in [0.15, 0.2) is 61.1 Å². The van der Waals surface area contributed by atoms with Gasteiger partial charge >= 0.3 is 0 Å². The van der Waals surface area contributed by atoms with Crippen molar-refractivity contribution >= 4 is 11.8 Å². The lowest BCUT2D eigenvalue weighted by Crippen LogP contribution is -2.33. The van der Waals surface area contributed by atoms with Crippen LogP contribution in [0.5, 0.6) is 0 Å². The lowest BCUT2D eigenvalue weighted by Gasteiger charge is -2.15. The predicted octanol–water partition coefficient (Wildman–Crippen LogP) is 2.64. The number of hydrogen-bond donors (Lipinski definition) is 0. The molecule has 0 radical (unpaired) electrons. The summed E-state index contributed by atoms with van der Waals surface area (Å²) in [4.78, 5) is 30.4. The summed E-state index contributed by atoms with van der Waals surface area (Å²) < 4.78 is 1.95. The fourth-order valence-electron chi connectivity index (χ4n) is 3.25. The third kappa shape index (κ3) is 3.11. The van der Waals surface area contributed by atoms with E-state index in [1.165, 1.54) is 4.90 Å². The third-order valence-electron chi connectivity index (χ3n) is 4.71. The number of carbonyl (C=O) groups is 2. The maximum absolute atomic E-state index is 12.5. The van der Waals surface area contributed by atoms with Gasteiger partial charge in [0.25, 0.3) is 11.8 Å². The summed E-state index contributed by atoms with van der Waals surface area (Å²) in [5.41, 5.74) is 3.60. The minimum Gasteiger partial charge on any atom is -0.332 e. The van der Waals surface area contributed by atoms with Crippen molar-refractivity contribution in [3.8, 4) is 6.07 Å². The topological polar surface area (TPSA) is 79.0 Å². The molecule has 1 aliphatic heterocycles. The Bertz CT molecular complexity index is 1030. The minimum absolute atomic E-state index is 0.246. The van der Waals surface area contributed by atoms with Crippen LogP contribution in [0.3, 0.4) is 0 Å². The van der Waals surface area contributed by atoms with Gasteiger partial charge < -0.3 is 4.57 Å². The van der Waals surface area contributed by atoms with Crippen LogP contribution in [0.2, 0.25) is 0 Å². The molecule has 1 aliphatic rings. The van der Waals surface area contributed by atoms with E-state index in [-0.39, 0.29) is 11.8 Å². The number of imide groups is 1. The Labute approximate surface area is 156 Å². The summed E-state index contributed by atoms with van der Waals surface area (Å²) in [5.74, 6) is -0.492. The first-order chi connectivity index (χ1) is 13.2. The summed E-state index contributed by atoms with van der Waals surface area (Å²) in [6, 6.07) is 16.4. The van der Waals surface area contributed by atoms with Gasteiger partial charge in [0, 0.05) is 31.4 Å². The number of imidazole rings is 1. The number of amides is 2. The van der Waals surface area contributed by atoms with Crippen LogP contribution in [-0.2, 0) is 13.0 Å². The zero-order chi connectivity index (χ0) is 18.8. The molecule has 6 nitrogen and oxygen atoms in total. The normalized spacial score (nSPS) is 12.9. The fourth-order valence-corrected chi connectivity index (χ4v) is 3.25. The molecular weight excluding hydrogens is 340 g/mol. The van der Waals surface area contributed by atoms with Crippen LogP contribution in [0.1, 0.15) is 37.5 Å². The smallest absolute Gasteiger partial charge is 0.261 e. The molecule has 3 aromatic rings. The summed E-state index contributed by atoms with van der Waals surface area (Å²) >= 11 is 0. The quantitative estimate of drug-likeness (QED) is 0.658. The Morgan fingerprint density at radius 2 is 1.59 bits per heavy atom. The van der Waals surface area contributed by atoms with E-state index in [4.69, 9.17) is 5.26 Å². The first kappa shape index (κ1) is 16.7. The first-order valence-corrected chi connectivity index (χ1v) is 8.60. The first-order valence-electron chi connectivity index (χ1n) is 8.60. The second kappa shape index (κ2) is 6.89. The van der Waals surface area contributed by atoms with Crippen molar-refractivity contribution in [2.24, 2.45) is 0 Å². The SMILES string of the molecule is N#Cc1ccc(Cc2cncn2CCN2C(=O)c3ccccc3C2=O)cc1. The van der Waals surface area contributed by atoms with E-state index < -0.39 is 0 Å². The molecule has 2 amide bonds. The number of carbonyl (C=O) groups excluding carboxylic acids is 2. The number of fused-ring (bicyclic) bond motifs is 1. The maximum atomic E-state index is 12.5. The number of aromatic nitrogens is 2. The number of nitrogens with zero attached hydrogens (tertiary/aromatic N) is 4. The Kier molecular flexibility index (Phi) is 4.27. The Morgan fingerprint density at radius 1 is 0.926 bits per heavy atom. The summed E-state index contributed by atoms with van der Waals surface area (Å²) in [7, 11) is 0. The highest BCUT2D eigenvalue weighted by Gasteiger charge is 2.34. The van der Waals surface area contributed by atoms with Crippen molar-refractivity contribution in [3.63, 3.8) is 0 Å². The van der Waals surface area contributed by atoms with Crippen molar-refractivity contribution in [1.82, 2.24) is 14.5 Å². The van der Waals surface area contributed by atoms with E-state index in [9.17, 15) is 9.59 Å². The molecule has 2 heterocycles. The van der Waals surface area contributed by atoms with Gasteiger partial charge in [0.2, 0.25) is 0 Å². The predicted molar refractivity (Wildman–Crippen MR) is 98.0 cm³/mol. The molecular formula is C21H16N4O2. The van der Waals surface area contributed by atoms with E-state index in [1.807, 2.05) is 16.7 Å². The van der Waals surface area contributed by atoms with Gasteiger partial charge in [-0.3, -0.25) is 14.5 Å². The molecule has 0 unspecified atom stereocenters. The van der Waals surface area contributed by atoms with Gasteiger partial charge in [-0.25, -0.2) is 4.98 Å². The Morgan fingerprint density at radius 3 is 2.22 bits per heavy atom. The zero-order valence-corrected chi connectivity index (χ0v) is 14.5. The van der Waals surface area contributed by atoms with Crippen LogP contribution in [-0.4, -0.2) is 32.8 Å². The van der Waals surface area contributed by atoms with E-state index in [1.54, 1.807) is 48.9 Å². The van der Waals surface area contributed by atoms with E-state index in [0.29, 0.717) is 36.2 Å². The van der Waals surface area contributed by atoms with Crippen molar-refractivity contribution < 1.29 is 9.59 Å². The number of nitriles is 1. The van der Waals surface area contributed by atoms with Gasteiger partial charge in [-0.2, -0.15) is 5.26 Å². The van der Waals surface area contributed by atoms with Gasteiger partial charge in [-0.05, 0) is 29.8 Å². The number of hydrogen-bond acceptors (Lipinski definition) is 4. The third-order valence-corrected chi connectivity index (χ3v) is 4.71. The van der Waals surface area contributed by atoms with Gasteiger partial charge in [0.05, 0.1) is 29.1 Å². The standard InChI is InChI=1S/C21H16N4O2/c22-12-16-7-5-15(6-8-16)11-17-13-23-14-24(17)9-10-25-20(26)18-3-1-2-4-19(18)21(25)27/h1-8,13-14H,9-11H2. The van der Waals surface area contributed by atoms with E-state index >= 15 is 0 Å².